The summed E-state index contributed by atoms with van der Waals surface area (Å²) in [5.41, 5.74) is 6.84. The highest BCUT2D eigenvalue weighted by atomic mass is 19.3. The molecule has 0 aromatic heterocycles. The highest BCUT2D eigenvalue weighted by Gasteiger charge is 2.19. The molecule has 1 saturated heterocycles. The van der Waals surface area contributed by atoms with E-state index in [2.05, 4.69) is 9.64 Å². The van der Waals surface area contributed by atoms with Crippen LogP contribution in [-0.2, 0) is 6.54 Å². The van der Waals surface area contributed by atoms with E-state index in [4.69, 9.17) is 10.5 Å². The molecule has 106 valence electrons. The minimum Gasteiger partial charge on any atom is -0.493 e. The molecule has 1 aliphatic rings. The van der Waals surface area contributed by atoms with Crippen LogP contribution in [0, 0.1) is 0 Å². The minimum absolute atomic E-state index is 0.0550. The maximum absolute atomic E-state index is 12.2. The first-order valence-corrected chi connectivity index (χ1v) is 6.18. The molecule has 1 aromatic rings. The van der Waals surface area contributed by atoms with Gasteiger partial charge in [-0.15, -0.1) is 0 Å². The van der Waals surface area contributed by atoms with Crippen molar-refractivity contribution in [2.45, 2.75) is 25.6 Å². The van der Waals surface area contributed by atoms with Gasteiger partial charge in [0.2, 0.25) is 0 Å². The number of alkyl halides is 2. The summed E-state index contributed by atoms with van der Waals surface area (Å²) in [7, 11) is 1.43. The first kappa shape index (κ1) is 14.0. The third-order valence-electron chi connectivity index (χ3n) is 3.16. The fourth-order valence-corrected chi connectivity index (χ4v) is 2.27. The summed E-state index contributed by atoms with van der Waals surface area (Å²) in [5.74, 6) is 0.376. The van der Waals surface area contributed by atoms with Crippen molar-refractivity contribution >= 4 is 0 Å². The molecular formula is C13H18F2N2O2. The first-order chi connectivity index (χ1) is 9.08. The molecule has 1 aromatic carbocycles. The lowest BCUT2D eigenvalue weighted by atomic mass is 10.2. The van der Waals surface area contributed by atoms with E-state index in [1.54, 1.807) is 12.1 Å². The molecule has 0 aliphatic carbocycles. The molecule has 1 heterocycles. The second-order valence-corrected chi connectivity index (χ2v) is 4.65. The zero-order chi connectivity index (χ0) is 13.8. The van der Waals surface area contributed by atoms with Crippen molar-refractivity contribution in [1.82, 2.24) is 4.90 Å². The third-order valence-corrected chi connectivity index (χ3v) is 3.16. The number of benzene rings is 1. The zero-order valence-corrected chi connectivity index (χ0v) is 10.8. The average molecular weight is 272 g/mol. The molecule has 2 N–H and O–H groups in total. The number of rotatable bonds is 5. The second-order valence-electron chi connectivity index (χ2n) is 4.65. The van der Waals surface area contributed by atoms with Crippen LogP contribution in [0.4, 0.5) is 8.78 Å². The van der Waals surface area contributed by atoms with Crippen molar-refractivity contribution in [2.75, 3.05) is 20.2 Å². The molecule has 0 amide bonds. The Kier molecular flexibility index (Phi) is 4.55. The molecule has 1 aliphatic heterocycles. The lowest BCUT2D eigenvalue weighted by Gasteiger charge is -2.17. The number of methoxy groups -OCH3 is 1. The molecule has 0 unspecified atom stereocenters. The largest absolute Gasteiger partial charge is 0.493 e. The van der Waals surface area contributed by atoms with E-state index in [1.165, 1.54) is 13.2 Å². The van der Waals surface area contributed by atoms with E-state index in [9.17, 15) is 8.78 Å². The molecular weight excluding hydrogens is 254 g/mol. The Morgan fingerprint density at radius 1 is 1.42 bits per heavy atom. The summed E-state index contributed by atoms with van der Waals surface area (Å²) in [6.45, 7) is -0.300. The maximum atomic E-state index is 12.2. The summed E-state index contributed by atoms with van der Waals surface area (Å²) in [4.78, 5) is 2.23. The van der Waals surface area contributed by atoms with Gasteiger partial charge in [0.15, 0.2) is 11.5 Å². The van der Waals surface area contributed by atoms with Crippen molar-refractivity contribution in [3.8, 4) is 11.5 Å². The standard InChI is InChI=1S/C13H18F2N2O2/c1-18-12-6-9(2-3-11(12)19-13(14)15)7-17-5-4-10(16)8-17/h2-3,6,10,13H,4-5,7-8,16H2,1H3/t10-/m1/s1. The fraction of sp³-hybridized carbons (Fsp3) is 0.538. The highest BCUT2D eigenvalue weighted by molar-refractivity contribution is 5.43. The van der Waals surface area contributed by atoms with Crippen LogP contribution in [0.2, 0.25) is 0 Å². The van der Waals surface area contributed by atoms with Crippen molar-refractivity contribution < 1.29 is 18.3 Å². The van der Waals surface area contributed by atoms with Gasteiger partial charge in [0.05, 0.1) is 7.11 Å². The molecule has 6 heteroatoms. The minimum atomic E-state index is -2.85. The van der Waals surface area contributed by atoms with Gasteiger partial charge in [-0.05, 0) is 24.1 Å². The normalized spacial score (nSPS) is 19.9. The van der Waals surface area contributed by atoms with Gasteiger partial charge in [0, 0.05) is 25.7 Å². The molecule has 4 nitrogen and oxygen atoms in total. The summed E-state index contributed by atoms with van der Waals surface area (Å²) >= 11 is 0. The second kappa shape index (κ2) is 6.16. The zero-order valence-electron chi connectivity index (χ0n) is 10.8. The number of hydrogen-bond acceptors (Lipinski definition) is 4. The van der Waals surface area contributed by atoms with E-state index in [1.807, 2.05) is 0 Å². The first-order valence-electron chi connectivity index (χ1n) is 6.18. The number of nitrogens with zero attached hydrogens (tertiary/aromatic N) is 1. The van der Waals surface area contributed by atoms with Crippen LogP contribution in [0.15, 0.2) is 18.2 Å². The predicted octanol–water partition coefficient (Wildman–Crippen LogP) is 1.83. The Morgan fingerprint density at radius 2 is 2.21 bits per heavy atom. The third kappa shape index (κ3) is 3.78. The number of hydrogen-bond donors (Lipinski definition) is 1. The predicted molar refractivity (Wildman–Crippen MR) is 67.5 cm³/mol. The topological polar surface area (TPSA) is 47.7 Å². The number of likely N-dealkylation sites (tertiary alicyclic amines) is 1. The Hall–Kier alpha value is -1.40. The summed E-state index contributed by atoms with van der Waals surface area (Å²) in [6.07, 6.45) is 0.990. The molecule has 19 heavy (non-hydrogen) atoms. The van der Waals surface area contributed by atoms with E-state index >= 15 is 0 Å². The lowest BCUT2D eigenvalue weighted by Crippen LogP contribution is -2.26. The maximum Gasteiger partial charge on any atom is 0.387 e. The molecule has 0 radical (unpaired) electrons. The molecule has 1 atom stereocenters. The quantitative estimate of drug-likeness (QED) is 0.888. The van der Waals surface area contributed by atoms with Gasteiger partial charge < -0.3 is 15.2 Å². The Bertz CT molecular complexity index is 429. The van der Waals surface area contributed by atoms with Gasteiger partial charge in [-0.25, -0.2) is 0 Å². The Labute approximate surface area is 111 Å². The number of ether oxygens (including phenoxy) is 2. The summed E-state index contributed by atoms with van der Waals surface area (Å²) in [5, 5.41) is 0. The van der Waals surface area contributed by atoms with Gasteiger partial charge in [0.1, 0.15) is 0 Å². The highest BCUT2D eigenvalue weighted by Crippen LogP contribution is 2.30. The average Bonchev–Trinajstić information content (AvgIpc) is 2.76. The van der Waals surface area contributed by atoms with Crippen molar-refractivity contribution in [3.05, 3.63) is 23.8 Å². The van der Waals surface area contributed by atoms with Crippen LogP contribution in [0.25, 0.3) is 0 Å². The van der Waals surface area contributed by atoms with Gasteiger partial charge >= 0.3 is 6.61 Å². The van der Waals surface area contributed by atoms with E-state index < -0.39 is 6.61 Å². The van der Waals surface area contributed by atoms with Crippen LogP contribution in [0.5, 0.6) is 11.5 Å². The smallest absolute Gasteiger partial charge is 0.387 e. The molecule has 2 rings (SSSR count). The Morgan fingerprint density at radius 3 is 2.79 bits per heavy atom. The molecule has 1 fully saturated rings. The number of nitrogens with two attached hydrogens (primary N) is 1. The van der Waals surface area contributed by atoms with Crippen LogP contribution < -0.4 is 15.2 Å². The van der Waals surface area contributed by atoms with E-state index in [0.29, 0.717) is 5.75 Å². The van der Waals surface area contributed by atoms with E-state index in [-0.39, 0.29) is 11.8 Å². The molecule has 0 bridgehead atoms. The summed E-state index contributed by atoms with van der Waals surface area (Å²) in [6, 6.07) is 5.23. The monoisotopic (exact) mass is 272 g/mol. The van der Waals surface area contributed by atoms with Crippen LogP contribution >= 0.6 is 0 Å². The van der Waals surface area contributed by atoms with Gasteiger partial charge in [-0.3, -0.25) is 4.90 Å². The number of halogens is 2. The molecule has 0 saturated carbocycles. The van der Waals surface area contributed by atoms with Gasteiger partial charge in [-0.1, -0.05) is 6.07 Å². The van der Waals surface area contributed by atoms with Gasteiger partial charge in [0.25, 0.3) is 0 Å². The fourth-order valence-electron chi connectivity index (χ4n) is 2.27. The van der Waals surface area contributed by atoms with Crippen LogP contribution in [-0.4, -0.2) is 37.8 Å². The van der Waals surface area contributed by atoms with Crippen molar-refractivity contribution in [3.63, 3.8) is 0 Å². The van der Waals surface area contributed by atoms with E-state index in [0.717, 1.165) is 31.6 Å². The Balaban J connectivity index is 2.06. The van der Waals surface area contributed by atoms with Crippen LogP contribution in [0.3, 0.4) is 0 Å². The van der Waals surface area contributed by atoms with Crippen LogP contribution in [0.1, 0.15) is 12.0 Å². The lowest BCUT2D eigenvalue weighted by molar-refractivity contribution is -0.0512. The van der Waals surface area contributed by atoms with Gasteiger partial charge in [-0.2, -0.15) is 8.78 Å². The molecule has 0 spiro atoms. The SMILES string of the molecule is COc1cc(CN2CC[C@@H](N)C2)ccc1OC(F)F. The van der Waals surface area contributed by atoms with Crippen molar-refractivity contribution in [1.29, 1.82) is 0 Å². The van der Waals surface area contributed by atoms with Crippen molar-refractivity contribution in [2.24, 2.45) is 5.73 Å². The summed E-state index contributed by atoms with van der Waals surface area (Å²) < 4.78 is 33.9.